The number of ether oxygens (including phenoxy) is 2. The zero-order chi connectivity index (χ0) is 11.4. The molecular weight excluding hydrogens is 262 g/mol. The minimum absolute atomic E-state index is 0.316. The molecule has 0 bridgehead atoms. The highest BCUT2D eigenvalue weighted by Gasteiger charge is 2.16. The van der Waals surface area contributed by atoms with Gasteiger partial charge in [0.2, 0.25) is 0 Å². The fraction of sp³-hybridized carbons (Fsp3) is 0.300. The van der Waals surface area contributed by atoms with Crippen molar-refractivity contribution in [3.8, 4) is 5.75 Å². The molecule has 0 aromatic heterocycles. The maximum atomic E-state index is 11.5. The van der Waals surface area contributed by atoms with Crippen LogP contribution in [-0.4, -0.2) is 19.7 Å². The van der Waals surface area contributed by atoms with Crippen LogP contribution in [0.5, 0.6) is 5.75 Å². The summed E-state index contributed by atoms with van der Waals surface area (Å²) in [4.78, 5) is 11.5. The summed E-state index contributed by atoms with van der Waals surface area (Å²) >= 11 is 3.25. The Bertz CT molecular complexity index is 356. The summed E-state index contributed by atoms with van der Waals surface area (Å²) in [6, 6.07) is 3.25. The molecular formula is C10H12BrNO3. The van der Waals surface area contributed by atoms with Gasteiger partial charge in [0.25, 0.3) is 0 Å². The number of nitrogen functional groups attached to an aromatic ring is 1. The lowest BCUT2D eigenvalue weighted by Gasteiger charge is -2.09. The summed E-state index contributed by atoms with van der Waals surface area (Å²) in [6.07, 6.45) is 0. The van der Waals surface area contributed by atoms with E-state index in [4.69, 9.17) is 15.2 Å². The van der Waals surface area contributed by atoms with Crippen molar-refractivity contribution in [1.29, 1.82) is 0 Å². The molecule has 0 unspecified atom stereocenters. The van der Waals surface area contributed by atoms with Crippen molar-refractivity contribution >= 4 is 27.6 Å². The quantitative estimate of drug-likeness (QED) is 0.678. The number of benzene rings is 1. The minimum Gasteiger partial charge on any atom is -0.497 e. The Kier molecular flexibility index (Phi) is 3.96. The molecule has 0 amide bonds. The van der Waals surface area contributed by atoms with E-state index in [0.717, 1.165) is 0 Å². The molecule has 0 aliphatic carbocycles. The number of esters is 1. The highest BCUT2D eigenvalue weighted by atomic mass is 79.9. The highest BCUT2D eigenvalue weighted by molar-refractivity contribution is 9.10. The average molecular weight is 274 g/mol. The van der Waals surface area contributed by atoms with E-state index in [1.807, 2.05) is 0 Å². The smallest absolute Gasteiger partial charge is 0.341 e. The molecule has 0 heterocycles. The van der Waals surface area contributed by atoms with E-state index in [1.54, 1.807) is 19.1 Å². The third-order valence-electron chi connectivity index (χ3n) is 1.81. The Balaban J connectivity index is 3.13. The maximum absolute atomic E-state index is 11.5. The van der Waals surface area contributed by atoms with Gasteiger partial charge in [0.05, 0.1) is 25.0 Å². The maximum Gasteiger partial charge on any atom is 0.341 e. The van der Waals surface area contributed by atoms with Gasteiger partial charge in [-0.3, -0.25) is 0 Å². The van der Waals surface area contributed by atoms with Crippen LogP contribution >= 0.6 is 15.9 Å². The molecule has 0 fully saturated rings. The molecule has 0 aliphatic heterocycles. The summed E-state index contributed by atoms with van der Waals surface area (Å²) < 4.78 is 10.4. The van der Waals surface area contributed by atoms with E-state index in [9.17, 15) is 4.79 Å². The van der Waals surface area contributed by atoms with E-state index in [-0.39, 0.29) is 0 Å². The number of carbonyl (C=O) groups excluding carboxylic acids is 1. The summed E-state index contributed by atoms with van der Waals surface area (Å²) in [7, 11) is 1.53. The number of carbonyl (C=O) groups is 1. The fourth-order valence-electron chi connectivity index (χ4n) is 1.14. The fourth-order valence-corrected chi connectivity index (χ4v) is 1.75. The van der Waals surface area contributed by atoms with Gasteiger partial charge < -0.3 is 15.2 Å². The summed E-state index contributed by atoms with van der Waals surface area (Å²) in [5.74, 6) is 0.150. The van der Waals surface area contributed by atoms with Crippen LogP contribution in [0.4, 0.5) is 5.69 Å². The molecule has 2 N–H and O–H groups in total. The Hall–Kier alpha value is -1.23. The van der Waals surface area contributed by atoms with Crippen LogP contribution in [0.1, 0.15) is 17.3 Å². The first kappa shape index (κ1) is 11.8. The topological polar surface area (TPSA) is 61.5 Å². The third-order valence-corrected chi connectivity index (χ3v) is 2.43. The van der Waals surface area contributed by atoms with Gasteiger partial charge in [0.15, 0.2) is 0 Å². The van der Waals surface area contributed by atoms with E-state index in [1.165, 1.54) is 7.11 Å². The summed E-state index contributed by atoms with van der Waals surface area (Å²) in [5, 5.41) is 0. The lowest BCUT2D eigenvalue weighted by molar-refractivity contribution is 0.0526. The number of halogens is 1. The Morgan fingerprint density at radius 3 is 2.67 bits per heavy atom. The number of nitrogens with two attached hydrogens (primary N) is 1. The Morgan fingerprint density at radius 2 is 2.20 bits per heavy atom. The second-order valence-corrected chi connectivity index (χ2v) is 3.65. The summed E-state index contributed by atoms with van der Waals surface area (Å²) in [5.41, 5.74) is 6.38. The molecule has 1 rings (SSSR count). The van der Waals surface area contributed by atoms with Crippen LogP contribution < -0.4 is 10.5 Å². The normalized spacial score (nSPS) is 9.80. The zero-order valence-corrected chi connectivity index (χ0v) is 10.1. The highest BCUT2D eigenvalue weighted by Crippen LogP contribution is 2.29. The number of rotatable bonds is 3. The van der Waals surface area contributed by atoms with Crippen LogP contribution in [0, 0.1) is 0 Å². The van der Waals surface area contributed by atoms with Gasteiger partial charge in [-0.25, -0.2) is 4.79 Å². The summed E-state index contributed by atoms with van der Waals surface area (Å²) in [6.45, 7) is 2.06. The second-order valence-electron chi connectivity index (χ2n) is 2.79. The number of methoxy groups -OCH3 is 1. The largest absolute Gasteiger partial charge is 0.497 e. The molecule has 0 aliphatic rings. The molecule has 0 atom stereocenters. The van der Waals surface area contributed by atoms with Gasteiger partial charge in [-0.15, -0.1) is 0 Å². The number of hydrogen-bond donors (Lipinski definition) is 1. The number of hydrogen-bond acceptors (Lipinski definition) is 4. The van der Waals surface area contributed by atoms with Gasteiger partial charge in [-0.2, -0.15) is 0 Å². The lowest BCUT2D eigenvalue weighted by Crippen LogP contribution is -2.09. The molecule has 0 saturated heterocycles. The van der Waals surface area contributed by atoms with Crippen molar-refractivity contribution in [2.75, 3.05) is 19.5 Å². The molecule has 15 heavy (non-hydrogen) atoms. The van der Waals surface area contributed by atoms with E-state index >= 15 is 0 Å². The van der Waals surface area contributed by atoms with E-state index in [2.05, 4.69) is 15.9 Å². The van der Waals surface area contributed by atoms with Crippen LogP contribution in [0.15, 0.2) is 16.6 Å². The first-order valence-electron chi connectivity index (χ1n) is 4.40. The van der Waals surface area contributed by atoms with Gasteiger partial charge in [-0.1, -0.05) is 0 Å². The lowest BCUT2D eigenvalue weighted by atomic mass is 10.2. The van der Waals surface area contributed by atoms with E-state index in [0.29, 0.717) is 28.1 Å². The second kappa shape index (κ2) is 5.02. The first-order valence-corrected chi connectivity index (χ1v) is 5.19. The first-order chi connectivity index (χ1) is 7.10. The van der Waals surface area contributed by atoms with Crippen molar-refractivity contribution in [2.45, 2.75) is 6.92 Å². The van der Waals surface area contributed by atoms with Crippen molar-refractivity contribution in [2.24, 2.45) is 0 Å². The molecule has 4 nitrogen and oxygen atoms in total. The van der Waals surface area contributed by atoms with Crippen LogP contribution in [0.3, 0.4) is 0 Å². The van der Waals surface area contributed by atoms with Crippen LogP contribution in [0.2, 0.25) is 0 Å². The van der Waals surface area contributed by atoms with Gasteiger partial charge in [0, 0.05) is 10.5 Å². The molecule has 0 radical (unpaired) electrons. The predicted octanol–water partition coefficient (Wildman–Crippen LogP) is 2.22. The van der Waals surface area contributed by atoms with Gasteiger partial charge >= 0.3 is 5.97 Å². The Morgan fingerprint density at radius 1 is 1.53 bits per heavy atom. The van der Waals surface area contributed by atoms with Crippen LogP contribution in [0.25, 0.3) is 0 Å². The van der Waals surface area contributed by atoms with Crippen LogP contribution in [-0.2, 0) is 4.74 Å². The monoisotopic (exact) mass is 273 g/mol. The molecule has 82 valence electrons. The van der Waals surface area contributed by atoms with E-state index < -0.39 is 5.97 Å². The van der Waals surface area contributed by atoms with Crippen molar-refractivity contribution in [1.82, 2.24) is 0 Å². The zero-order valence-electron chi connectivity index (χ0n) is 8.54. The third kappa shape index (κ3) is 2.62. The van der Waals surface area contributed by atoms with Gasteiger partial charge in [-0.05, 0) is 28.9 Å². The predicted molar refractivity (Wildman–Crippen MR) is 61.1 cm³/mol. The van der Waals surface area contributed by atoms with Gasteiger partial charge in [0.1, 0.15) is 5.75 Å². The molecule has 0 saturated carbocycles. The van der Waals surface area contributed by atoms with Crippen molar-refractivity contribution in [3.05, 3.63) is 22.2 Å². The van der Waals surface area contributed by atoms with Crippen molar-refractivity contribution in [3.63, 3.8) is 0 Å². The van der Waals surface area contributed by atoms with Crippen molar-refractivity contribution < 1.29 is 14.3 Å². The molecule has 0 spiro atoms. The number of anilines is 1. The average Bonchev–Trinajstić information content (AvgIpc) is 2.16. The SMILES string of the molecule is CCOC(=O)c1c(N)cc(OC)cc1Br. The molecule has 1 aromatic carbocycles. The molecule has 1 aromatic rings. The minimum atomic E-state index is -0.440. The molecule has 5 heteroatoms. The Labute approximate surface area is 96.5 Å². The standard InChI is InChI=1S/C10H12BrNO3/c1-3-15-10(13)9-7(11)4-6(14-2)5-8(9)12/h4-5H,3,12H2,1-2H3.